The van der Waals surface area contributed by atoms with E-state index < -0.39 is 6.04 Å². The Bertz CT molecular complexity index is 206. The lowest BCUT2D eigenvalue weighted by Crippen LogP contribution is -2.37. The fraction of sp³-hybridized carbons (Fsp3) is 0.800. The molecule has 1 N–H and O–H groups in total. The molecule has 0 aromatic heterocycles. The number of ether oxygens (including phenoxy) is 1. The van der Waals surface area contributed by atoms with Crippen molar-refractivity contribution in [3.8, 4) is 0 Å². The predicted molar refractivity (Wildman–Crippen MR) is 51.5 cm³/mol. The van der Waals surface area contributed by atoms with Crippen molar-refractivity contribution < 1.29 is 14.3 Å². The molecule has 0 saturated carbocycles. The summed E-state index contributed by atoms with van der Waals surface area (Å²) >= 11 is 0. The molecule has 2 unspecified atom stereocenters. The van der Waals surface area contributed by atoms with Gasteiger partial charge < -0.3 is 10.1 Å². The minimum atomic E-state index is -0.468. The highest BCUT2D eigenvalue weighted by molar-refractivity contribution is 5.80. The molecular weight excluding hydrogens is 182 g/mol. The fourth-order valence-corrected chi connectivity index (χ4v) is 1.48. The van der Waals surface area contributed by atoms with Crippen molar-refractivity contribution in [2.24, 2.45) is 5.92 Å². The molecule has 0 aliphatic carbocycles. The molecule has 1 heterocycles. The second-order valence-corrected chi connectivity index (χ2v) is 3.47. The Labute approximate surface area is 84.0 Å². The number of hydrogen-bond acceptors (Lipinski definition) is 4. The van der Waals surface area contributed by atoms with E-state index in [1.807, 2.05) is 13.2 Å². The van der Waals surface area contributed by atoms with Crippen LogP contribution < -0.4 is 5.32 Å². The van der Waals surface area contributed by atoms with Crippen LogP contribution >= 0.6 is 0 Å². The van der Waals surface area contributed by atoms with Gasteiger partial charge in [-0.05, 0) is 19.4 Å². The van der Waals surface area contributed by atoms with E-state index in [1.165, 1.54) is 0 Å². The molecule has 0 aromatic carbocycles. The number of esters is 1. The summed E-state index contributed by atoms with van der Waals surface area (Å²) < 4.78 is 5.02. The first kappa shape index (κ1) is 11.2. The average molecular weight is 198 g/mol. The maximum atomic E-state index is 11.4. The minimum Gasteiger partial charge on any atom is -0.465 e. The van der Waals surface area contributed by atoms with Crippen molar-refractivity contribution >= 4 is 12.3 Å². The summed E-state index contributed by atoms with van der Waals surface area (Å²) in [6, 6.07) is -0.468. The topological polar surface area (TPSA) is 55.4 Å². The lowest BCUT2D eigenvalue weighted by atomic mass is 10.0. The number of nitrogens with one attached hydrogen (secondary N) is 1. The standard InChI is InChI=1S/C10H16NO3/c1-2-3-6-14-10(13)9-8(7-12)4-5-11-9/h8-9,11H,2-6H2,1H3. The van der Waals surface area contributed by atoms with Crippen molar-refractivity contribution in [1.82, 2.24) is 5.32 Å². The average Bonchev–Trinajstić information content (AvgIpc) is 2.65. The summed E-state index contributed by atoms with van der Waals surface area (Å²) in [7, 11) is 0. The molecule has 0 amide bonds. The van der Waals surface area contributed by atoms with Gasteiger partial charge >= 0.3 is 5.97 Å². The molecule has 4 heteroatoms. The van der Waals surface area contributed by atoms with Crippen LogP contribution in [0.4, 0.5) is 0 Å². The van der Waals surface area contributed by atoms with E-state index in [1.54, 1.807) is 0 Å². The van der Waals surface area contributed by atoms with Crippen LogP contribution in [0, 0.1) is 5.92 Å². The van der Waals surface area contributed by atoms with Gasteiger partial charge in [-0.3, -0.25) is 9.59 Å². The van der Waals surface area contributed by atoms with E-state index in [-0.39, 0.29) is 11.9 Å². The first-order valence-electron chi connectivity index (χ1n) is 5.07. The first-order chi connectivity index (χ1) is 6.79. The Morgan fingerprint density at radius 2 is 2.43 bits per heavy atom. The van der Waals surface area contributed by atoms with E-state index in [2.05, 4.69) is 5.32 Å². The summed E-state index contributed by atoms with van der Waals surface area (Å²) in [5.41, 5.74) is 0. The van der Waals surface area contributed by atoms with E-state index in [9.17, 15) is 9.59 Å². The van der Waals surface area contributed by atoms with Crippen molar-refractivity contribution in [2.45, 2.75) is 32.2 Å². The van der Waals surface area contributed by atoms with Gasteiger partial charge in [-0.2, -0.15) is 0 Å². The van der Waals surface area contributed by atoms with Gasteiger partial charge in [0.15, 0.2) is 0 Å². The molecule has 0 aromatic rings. The lowest BCUT2D eigenvalue weighted by molar-refractivity contribution is -0.146. The molecule has 1 radical (unpaired) electrons. The molecule has 2 atom stereocenters. The molecule has 79 valence electrons. The summed E-state index contributed by atoms with van der Waals surface area (Å²) in [5.74, 6) is -0.645. The second-order valence-electron chi connectivity index (χ2n) is 3.47. The maximum absolute atomic E-state index is 11.4. The van der Waals surface area contributed by atoms with Gasteiger partial charge in [0.25, 0.3) is 0 Å². The fourth-order valence-electron chi connectivity index (χ4n) is 1.48. The molecule has 1 aliphatic rings. The molecule has 14 heavy (non-hydrogen) atoms. The van der Waals surface area contributed by atoms with Crippen LogP contribution in [0.2, 0.25) is 0 Å². The zero-order valence-electron chi connectivity index (χ0n) is 8.41. The van der Waals surface area contributed by atoms with E-state index in [4.69, 9.17) is 4.74 Å². The first-order valence-corrected chi connectivity index (χ1v) is 5.07. The smallest absolute Gasteiger partial charge is 0.323 e. The number of unbranched alkanes of at least 4 members (excludes halogenated alkanes) is 1. The quantitative estimate of drug-likeness (QED) is 0.513. The van der Waals surface area contributed by atoms with Crippen molar-refractivity contribution in [3.63, 3.8) is 0 Å². The summed E-state index contributed by atoms with van der Waals surface area (Å²) in [6.07, 6.45) is 4.41. The Hall–Kier alpha value is -0.900. The zero-order valence-corrected chi connectivity index (χ0v) is 8.41. The van der Waals surface area contributed by atoms with Crippen LogP contribution in [0.5, 0.6) is 0 Å². The molecule has 4 nitrogen and oxygen atoms in total. The lowest BCUT2D eigenvalue weighted by Gasteiger charge is -2.12. The third-order valence-electron chi connectivity index (χ3n) is 2.37. The van der Waals surface area contributed by atoms with Crippen molar-refractivity contribution in [2.75, 3.05) is 13.2 Å². The van der Waals surface area contributed by atoms with Gasteiger partial charge in [0.05, 0.1) is 12.5 Å². The number of rotatable bonds is 5. The molecule has 1 fully saturated rings. The van der Waals surface area contributed by atoms with Gasteiger partial charge in [-0.15, -0.1) is 0 Å². The SMILES string of the molecule is CCCCOC(=O)C1NCCC1[C]=O. The second kappa shape index (κ2) is 5.75. The maximum Gasteiger partial charge on any atom is 0.323 e. The molecule has 1 aliphatic heterocycles. The van der Waals surface area contributed by atoms with Gasteiger partial charge in [-0.1, -0.05) is 13.3 Å². The number of carbonyl (C=O) groups excluding carboxylic acids is 2. The van der Waals surface area contributed by atoms with Crippen molar-refractivity contribution in [1.29, 1.82) is 0 Å². The monoisotopic (exact) mass is 198 g/mol. The molecule has 1 rings (SSSR count). The Morgan fingerprint density at radius 3 is 3.07 bits per heavy atom. The van der Waals surface area contributed by atoms with Crippen molar-refractivity contribution in [3.05, 3.63) is 0 Å². The predicted octanol–water partition coefficient (Wildman–Crippen LogP) is 0.417. The third-order valence-corrected chi connectivity index (χ3v) is 2.37. The van der Waals surface area contributed by atoms with Crippen LogP contribution in [-0.2, 0) is 14.3 Å². The van der Waals surface area contributed by atoms with Gasteiger partial charge in [0, 0.05) is 0 Å². The van der Waals surface area contributed by atoms with Gasteiger partial charge in [-0.25, -0.2) is 0 Å². The minimum absolute atomic E-state index is 0.315. The van der Waals surface area contributed by atoms with Crippen LogP contribution in [-0.4, -0.2) is 31.4 Å². The summed E-state index contributed by atoms with van der Waals surface area (Å²) in [6.45, 7) is 3.16. The Balaban J connectivity index is 2.32. The van der Waals surface area contributed by atoms with Crippen LogP contribution in [0.1, 0.15) is 26.2 Å². The van der Waals surface area contributed by atoms with Crippen LogP contribution in [0.25, 0.3) is 0 Å². The highest BCUT2D eigenvalue weighted by Crippen LogP contribution is 2.14. The summed E-state index contributed by atoms with van der Waals surface area (Å²) in [4.78, 5) is 21.9. The van der Waals surface area contributed by atoms with E-state index in [0.29, 0.717) is 19.6 Å². The highest BCUT2D eigenvalue weighted by atomic mass is 16.5. The van der Waals surface area contributed by atoms with E-state index in [0.717, 1.165) is 12.8 Å². The Morgan fingerprint density at radius 1 is 1.64 bits per heavy atom. The third kappa shape index (κ3) is 2.80. The molecular formula is C10H16NO3. The van der Waals surface area contributed by atoms with Crippen LogP contribution in [0.15, 0.2) is 0 Å². The molecule has 0 bridgehead atoms. The molecule has 1 saturated heterocycles. The number of carbonyl (C=O) groups is 1. The number of hydrogen-bond donors (Lipinski definition) is 1. The van der Waals surface area contributed by atoms with Gasteiger partial charge in [0.2, 0.25) is 6.29 Å². The van der Waals surface area contributed by atoms with Crippen LogP contribution in [0.3, 0.4) is 0 Å². The molecule has 0 spiro atoms. The highest BCUT2D eigenvalue weighted by Gasteiger charge is 2.34. The zero-order chi connectivity index (χ0) is 10.4. The normalized spacial score (nSPS) is 26.1. The van der Waals surface area contributed by atoms with E-state index >= 15 is 0 Å². The Kier molecular flexibility index (Phi) is 4.59. The largest absolute Gasteiger partial charge is 0.465 e. The summed E-state index contributed by atoms with van der Waals surface area (Å²) in [5, 5.41) is 2.95. The van der Waals surface area contributed by atoms with Gasteiger partial charge in [0.1, 0.15) is 6.04 Å².